The fraction of sp³-hybridized carbons (Fsp3) is 0.211. The SMILES string of the molecule is O=C(OCN1CCCC1=O)c1[nH]c2ccccc2c1Nc1ccncc1. The van der Waals surface area contributed by atoms with Crippen molar-refractivity contribution in [1.29, 1.82) is 0 Å². The molecule has 7 nitrogen and oxygen atoms in total. The van der Waals surface area contributed by atoms with E-state index in [0.29, 0.717) is 24.3 Å². The van der Waals surface area contributed by atoms with Crippen LogP contribution in [0.4, 0.5) is 11.4 Å². The van der Waals surface area contributed by atoms with Crippen molar-refractivity contribution in [3.05, 3.63) is 54.5 Å². The maximum absolute atomic E-state index is 12.6. The molecule has 132 valence electrons. The van der Waals surface area contributed by atoms with Gasteiger partial charge in [-0.25, -0.2) is 4.79 Å². The number of nitrogens with one attached hydrogen (secondary N) is 2. The van der Waals surface area contributed by atoms with Gasteiger partial charge >= 0.3 is 5.97 Å². The van der Waals surface area contributed by atoms with E-state index >= 15 is 0 Å². The Balaban J connectivity index is 1.62. The minimum Gasteiger partial charge on any atom is -0.439 e. The standard InChI is InChI=1S/C19H18N4O3/c24-16-6-3-11-23(16)12-26-19(25)18-17(21-13-7-9-20-10-8-13)14-4-1-2-5-15(14)22-18/h1-2,4-5,7-10,22H,3,6,11-12H2,(H,20,21). The number of likely N-dealkylation sites (tertiary alicyclic amines) is 1. The highest BCUT2D eigenvalue weighted by atomic mass is 16.5. The number of ether oxygens (including phenoxy) is 1. The molecule has 1 amide bonds. The number of nitrogens with zero attached hydrogens (tertiary/aromatic N) is 2. The molecule has 0 radical (unpaired) electrons. The number of rotatable bonds is 5. The first-order valence-corrected chi connectivity index (χ1v) is 8.45. The number of aromatic nitrogens is 2. The number of fused-ring (bicyclic) bond motifs is 1. The molecular formula is C19H18N4O3. The number of para-hydroxylation sites is 1. The van der Waals surface area contributed by atoms with E-state index in [4.69, 9.17) is 4.74 Å². The Kier molecular flexibility index (Phi) is 4.27. The van der Waals surface area contributed by atoms with Crippen LogP contribution in [0.15, 0.2) is 48.8 Å². The Hall–Kier alpha value is -3.35. The van der Waals surface area contributed by atoms with Crippen molar-refractivity contribution >= 4 is 34.2 Å². The molecule has 3 aromatic rings. The number of carbonyl (C=O) groups is 2. The lowest BCUT2D eigenvalue weighted by Gasteiger charge is -2.15. The predicted molar refractivity (Wildman–Crippen MR) is 97.0 cm³/mol. The molecule has 26 heavy (non-hydrogen) atoms. The topological polar surface area (TPSA) is 87.3 Å². The van der Waals surface area contributed by atoms with Crippen LogP contribution in [-0.2, 0) is 9.53 Å². The molecule has 1 saturated heterocycles. The second-order valence-electron chi connectivity index (χ2n) is 6.10. The molecule has 0 aliphatic carbocycles. The highest BCUT2D eigenvalue weighted by Gasteiger charge is 2.24. The van der Waals surface area contributed by atoms with E-state index in [-0.39, 0.29) is 12.6 Å². The fourth-order valence-electron chi connectivity index (χ4n) is 3.05. The van der Waals surface area contributed by atoms with E-state index in [0.717, 1.165) is 23.0 Å². The van der Waals surface area contributed by atoms with Crippen molar-refractivity contribution in [1.82, 2.24) is 14.9 Å². The van der Waals surface area contributed by atoms with Gasteiger partial charge in [0.15, 0.2) is 6.73 Å². The minimum atomic E-state index is -0.502. The summed E-state index contributed by atoms with van der Waals surface area (Å²) in [4.78, 5) is 33.0. The summed E-state index contributed by atoms with van der Waals surface area (Å²) >= 11 is 0. The Labute approximate surface area is 150 Å². The summed E-state index contributed by atoms with van der Waals surface area (Å²) in [6.07, 6.45) is 4.67. The van der Waals surface area contributed by atoms with Gasteiger partial charge in [0.05, 0.1) is 5.69 Å². The van der Waals surface area contributed by atoms with Crippen LogP contribution in [0.5, 0.6) is 0 Å². The lowest BCUT2D eigenvalue weighted by molar-refractivity contribution is -0.130. The van der Waals surface area contributed by atoms with Crippen molar-refractivity contribution in [3.8, 4) is 0 Å². The number of amides is 1. The van der Waals surface area contributed by atoms with E-state index in [9.17, 15) is 9.59 Å². The summed E-state index contributed by atoms with van der Waals surface area (Å²) in [6.45, 7) is 0.600. The molecule has 0 saturated carbocycles. The van der Waals surface area contributed by atoms with Crippen LogP contribution in [0.3, 0.4) is 0 Å². The molecule has 0 unspecified atom stereocenters. The molecule has 7 heteroatoms. The summed E-state index contributed by atoms with van der Waals surface area (Å²) in [7, 11) is 0. The molecular weight excluding hydrogens is 332 g/mol. The van der Waals surface area contributed by atoms with Gasteiger partial charge in [-0.1, -0.05) is 18.2 Å². The number of hydrogen-bond donors (Lipinski definition) is 2. The average Bonchev–Trinajstić information content (AvgIpc) is 3.24. The highest BCUT2D eigenvalue weighted by Crippen LogP contribution is 2.31. The van der Waals surface area contributed by atoms with Gasteiger partial charge in [0.25, 0.3) is 0 Å². The summed E-state index contributed by atoms with van der Waals surface area (Å²) in [6, 6.07) is 11.3. The molecule has 1 fully saturated rings. The second kappa shape index (κ2) is 6.87. The van der Waals surface area contributed by atoms with Gasteiger partial charge in [0, 0.05) is 41.9 Å². The van der Waals surface area contributed by atoms with Gasteiger partial charge in [-0.3, -0.25) is 9.78 Å². The first-order valence-electron chi connectivity index (χ1n) is 8.45. The first kappa shape index (κ1) is 16.1. The maximum Gasteiger partial charge on any atom is 0.358 e. The maximum atomic E-state index is 12.6. The van der Waals surface area contributed by atoms with Crippen LogP contribution >= 0.6 is 0 Å². The zero-order valence-corrected chi connectivity index (χ0v) is 14.1. The summed E-state index contributed by atoms with van der Waals surface area (Å²) in [5.41, 5.74) is 2.61. The molecule has 0 bridgehead atoms. The number of anilines is 2. The molecule has 3 heterocycles. The number of hydrogen-bond acceptors (Lipinski definition) is 5. The van der Waals surface area contributed by atoms with Crippen molar-refractivity contribution < 1.29 is 14.3 Å². The minimum absolute atomic E-state index is 0.0181. The van der Waals surface area contributed by atoms with Crippen molar-refractivity contribution in [3.63, 3.8) is 0 Å². The van der Waals surface area contributed by atoms with E-state index in [1.807, 2.05) is 36.4 Å². The summed E-state index contributed by atoms with van der Waals surface area (Å²) in [5.74, 6) is -0.484. The van der Waals surface area contributed by atoms with Crippen LogP contribution in [0.1, 0.15) is 23.3 Å². The van der Waals surface area contributed by atoms with E-state index in [1.165, 1.54) is 0 Å². The Morgan fingerprint density at radius 1 is 1.23 bits per heavy atom. The molecule has 2 aromatic heterocycles. The van der Waals surface area contributed by atoms with Gasteiger partial charge in [0.1, 0.15) is 5.69 Å². The number of benzene rings is 1. The predicted octanol–water partition coefficient (Wildman–Crippen LogP) is 3.04. The number of aromatic amines is 1. The molecule has 0 atom stereocenters. The van der Waals surface area contributed by atoms with E-state index in [1.54, 1.807) is 17.3 Å². The molecule has 1 aromatic carbocycles. The Morgan fingerprint density at radius 2 is 2.04 bits per heavy atom. The van der Waals surface area contributed by atoms with Gasteiger partial charge in [-0.15, -0.1) is 0 Å². The average molecular weight is 350 g/mol. The number of carbonyl (C=O) groups excluding carboxylic acids is 2. The molecule has 2 N–H and O–H groups in total. The van der Waals surface area contributed by atoms with E-state index < -0.39 is 5.97 Å². The fourth-order valence-corrected chi connectivity index (χ4v) is 3.05. The molecule has 0 spiro atoms. The molecule has 1 aliphatic heterocycles. The normalized spacial score (nSPS) is 14.0. The van der Waals surface area contributed by atoms with Gasteiger partial charge in [-0.2, -0.15) is 0 Å². The smallest absolute Gasteiger partial charge is 0.358 e. The third-order valence-electron chi connectivity index (χ3n) is 4.38. The van der Waals surface area contributed by atoms with Gasteiger partial charge in [0.2, 0.25) is 5.91 Å². The molecule has 4 rings (SSSR count). The van der Waals surface area contributed by atoms with Crippen molar-refractivity contribution in [2.24, 2.45) is 0 Å². The molecule has 1 aliphatic rings. The quantitative estimate of drug-likeness (QED) is 0.691. The third kappa shape index (κ3) is 3.11. The zero-order valence-electron chi connectivity index (χ0n) is 14.1. The van der Waals surface area contributed by atoms with Crippen molar-refractivity contribution in [2.45, 2.75) is 12.8 Å². The Morgan fingerprint density at radius 3 is 2.81 bits per heavy atom. The van der Waals surface area contributed by atoms with E-state index in [2.05, 4.69) is 15.3 Å². The number of esters is 1. The highest BCUT2D eigenvalue weighted by molar-refractivity contribution is 6.07. The number of H-pyrrole nitrogens is 1. The summed E-state index contributed by atoms with van der Waals surface area (Å²) < 4.78 is 5.37. The largest absolute Gasteiger partial charge is 0.439 e. The second-order valence-corrected chi connectivity index (χ2v) is 6.10. The van der Waals surface area contributed by atoms with Crippen LogP contribution in [0, 0.1) is 0 Å². The van der Waals surface area contributed by atoms with Crippen molar-refractivity contribution in [2.75, 3.05) is 18.6 Å². The zero-order chi connectivity index (χ0) is 17.9. The Bertz CT molecular complexity index is 952. The first-order chi connectivity index (χ1) is 12.7. The van der Waals surface area contributed by atoms with Crippen LogP contribution in [-0.4, -0.2) is 40.0 Å². The van der Waals surface area contributed by atoms with Gasteiger partial charge in [-0.05, 0) is 24.6 Å². The number of pyridine rings is 1. The lowest BCUT2D eigenvalue weighted by Crippen LogP contribution is -2.29. The van der Waals surface area contributed by atoms with Crippen LogP contribution in [0.25, 0.3) is 10.9 Å². The lowest BCUT2D eigenvalue weighted by atomic mass is 10.2. The van der Waals surface area contributed by atoms with Crippen LogP contribution < -0.4 is 5.32 Å². The monoisotopic (exact) mass is 350 g/mol. The summed E-state index contributed by atoms with van der Waals surface area (Å²) in [5, 5.41) is 4.14. The third-order valence-corrected chi connectivity index (χ3v) is 4.38. The van der Waals surface area contributed by atoms with Gasteiger partial charge < -0.3 is 19.9 Å². The van der Waals surface area contributed by atoms with Crippen LogP contribution in [0.2, 0.25) is 0 Å².